The van der Waals surface area contributed by atoms with Crippen LogP contribution in [-0.2, 0) is 0 Å². The van der Waals surface area contributed by atoms with Crippen LogP contribution in [0.4, 0.5) is 4.39 Å². The van der Waals surface area contributed by atoms with Crippen LogP contribution in [0.2, 0.25) is 0 Å². The molecule has 1 N–H and O–H groups in total. The monoisotopic (exact) mass is 254 g/mol. The second-order valence-electron chi connectivity index (χ2n) is 4.57. The molecule has 0 radical (unpaired) electrons. The van der Waals surface area contributed by atoms with Crippen LogP contribution < -0.4 is 5.56 Å². The number of alkyl halides is 1. The number of halogens is 1. The molecule has 0 aliphatic carbocycles. The summed E-state index contributed by atoms with van der Waals surface area (Å²) in [7, 11) is 1.82. The van der Waals surface area contributed by atoms with E-state index in [4.69, 9.17) is 5.11 Å². The summed E-state index contributed by atoms with van der Waals surface area (Å²) in [6.45, 7) is 0.948. The van der Waals surface area contributed by atoms with Crippen LogP contribution in [0.1, 0.15) is 22.8 Å². The maximum atomic E-state index is 13.9. The summed E-state index contributed by atoms with van der Waals surface area (Å²) in [6, 6.07) is 2.13. The minimum absolute atomic E-state index is 0.258. The van der Waals surface area contributed by atoms with E-state index in [1.165, 1.54) is 22.9 Å². The molecule has 6 heteroatoms. The minimum atomic E-state index is -1.28. The second kappa shape index (κ2) is 4.89. The summed E-state index contributed by atoms with van der Waals surface area (Å²) < 4.78 is 15.2. The molecule has 0 aromatic carbocycles. The van der Waals surface area contributed by atoms with E-state index in [0.717, 1.165) is 0 Å². The lowest BCUT2D eigenvalue weighted by atomic mass is 10.0. The van der Waals surface area contributed by atoms with Crippen molar-refractivity contribution in [1.29, 1.82) is 0 Å². The highest BCUT2D eigenvalue weighted by molar-refractivity contribution is 5.86. The van der Waals surface area contributed by atoms with Gasteiger partial charge in [0, 0.05) is 19.3 Å². The van der Waals surface area contributed by atoms with Crippen molar-refractivity contribution in [3.8, 4) is 0 Å². The van der Waals surface area contributed by atoms with Gasteiger partial charge in [-0.2, -0.15) is 0 Å². The Balaban J connectivity index is 2.37. The molecule has 1 fully saturated rings. The Labute approximate surface area is 103 Å². The largest absolute Gasteiger partial charge is 0.477 e. The Bertz CT molecular complexity index is 514. The summed E-state index contributed by atoms with van der Waals surface area (Å²) in [5.41, 5.74) is -0.953. The second-order valence-corrected chi connectivity index (χ2v) is 4.57. The van der Waals surface area contributed by atoms with Gasteiger partial charge in [0.1, 0.15) is 11.7 Å². The fourth-order valence-electron chi connectivity index (χ4n) is 2.29. The van der Waals surface area contributed by atoms with Crippen molar-refractivity contribution in [3.05, 3.63) is 34.2 Å². The van der Waals surface area contributed by atoms with Crippen molar-refractivity contribution >= 4 is 5.97 Å². The lowest BCUT2D eigenvalue weighted by Crippen LogP contribution is -2.43. The van der Waals surface area contributed by atoms with E-state index in [0.29, 0.717) is 13.0 Å². The average Bonchev–Trinajstić information content (AvgIpc) is 2.30. The third-order valence-corrected chi connectivity index (χ3v) is 3.27. The third kappa shape index (κ3) is 2.28. The molecule has 5 nitrogen and oxygen atoms in total. The highest BCUT2D eigenvalue weighted by Crippen LogP contribution is 2.23. The number of rotatable bonds is 2. The highest BCUT2D eigenvalue weighted by atomic mass is 19.1. The van der Waals surface area contributed by atoms with Gasteiger partial charge in [0.25, 0.3) is 5.56 Å². The molecule has 1 aliphatic heterocycles. The number of aromatic nitrogens is 1. The number of carboxylic acids is 1. The topological polar surface area (TPSA) is 62.5 Å². The van der Waals surface area contributed by atoms with E-state index < -0.39 is 23.7 Å². The van der Waals surface area contributed by atoms with E-state index in [2.05, 4.69) is 0 Å². The van der Waals surface area contributed by atoms with Crippen molar-refractivity contribution in [2.75, 3.05) is 20.1 Å². The Kier molecular flexibility index (Phi) is 3.47. The van der Waals surface area contributed by atoms with Gasteiger partial charge in [-0.15, -0.1) is 0 Å². The van der Waals surface area contributed by atoms with Crippen molar-refractivity contribution in [1.82, 2.24) is 9.47 Å². The van der Waals surface area contributed by atoms with Crippen molar-refractivity contribution < 1.29 is 14.3 Å². The van der Waals surface area contributed by atoms with Crippen molar-refractivity contribution in [3.63, 3.8) is 0 Å². The number of nitrogens with zero attached hydrogens (tertiary/aromatic N) is 2. The summed E-state index contributed by atoms with van der Waals surface area (Å²) >= 11 is 0. The summed E-state index contributed by atoms with van der Waals surface area (Å²) in [6.07, 6.45) is 0.795. The van der Waals surface area contributed by atoms with Crippen LogP contribution in [0, 0.1) is 0 Å². The van der Waals surface area contributed by atoms with Crippen LogP contribution in [0.25, 0.3) is 0 Å². The lowest BCUT2D eigenvalue weighted by Gasteiger charge is -2.33. The molecule has 1 aliphatic rings. The molecule has 2 atom stereocenters. The predicted molar refractivity (Wildman–Crippen MR) is 63.7 cm³/mol. The van der Waals surface area contributed by atoms with Crippen molar-refractivity contribution in [2.24, 2.45) is 0 Å². The van der Waals surface area contributed by atoms with Crippen LogP contribution in [0.15, 0.2) is 23.1 Å². The zero-order valence-electron chi connectivity index (χ0n) is 10.0. The number of hydrogen-bond acceptors (Lipinski definition) is 3. The zero-order chi connectivity index (χ0) is 13.3. The number of hydrogen-bond donors (Lipinski definition) is 1. The summed E-state index contributed by atoms with van der Waals surface area (Å²) in [5, 5.41) is 8.88. The van der Waals surface area contributed by atoms with Gasteiger partial charge in [0.15, 0.2) is 0 Å². The van der Waals surface area contributed by atoms with E-state index >= 15 is 0 Å². The number of carboxylic acid groups (broad SMARTS) is 1. The fourth-order valence-corrected chi connectivity index (χ4v) is 2.29. The van der Waals surface area contributed by atoms with Gasteiger partial charge in [0.05, 0.1) is 6.04 Å². The molecule has 98 valence electrons. The molecule has 0 saturated carbocycles. The maximum Gasteiger partial charge on any atom is 0.341 e. The summed E-state index contributed by atoms with van der Waals surface area (Å²) in [5.74, 6) is -1.28. The van der Waals surface area contributed by atoms with E-state index in [-0.39, 0.29) is 12.1 Å². The standard InChI is InChI=1S/C12H15FN2O3/c1-14-6-4-10(9(13)7-14)15-5-2-3-8(11(15)16)12(17)18/h2-3,5,9-10H,4,6-7H2,1H3,(H,17,18)/t9-,10+/m0/s1. The Morgan fingerprint density at radius 3 is 2.89 bits per heavy atom. The number of likely N-dealkylation sites (tertiary alicyclic amines) is 1. The first-order valence-corrected chi connectivity index (χ1v) is 5.77. The number of piperidine rings is 1. The van der Waals surface area contributed by atoms with Crippen LogP contribution in [0.3, 0.4) is 0 Å². The number of carbonyl (C=O) groups is 1. The molecule has 0 unspecified atom stereocenters. The van der Waals surface area contributed by atoms with E-state index in [1.54, 1.807) is 0 Å². The first kappa shape index (κ1) is 12.8. The van der Waals surface area contributed by atoms with Crippen LogP contribution >= 0.6 is 0 Å². The Morgan fingerprint density at radius 1 is 1.56 bits per heavy atom. The predicted octanol–water partition coefficient (Wildman–Crippen LogP) is 0.761. The first-order chi connectivity index (χ1) is 8.50. The van der Waals surface area contributed by atoms with Gasteiger partial charge in [-0.25, -0.2) is 9.18 Å². The Hall–Kier alpha value is -1.69. The van der Waals surface area contributed by atoms with Crippen LogP contribution in [0.5, 0.6) is 0 Å². The highest BCUT2D eigenvalue weighted by Gasteiger charge is 2.30. The van der Waals surface area contributed by atoms with Crippen LogP contribution in [-0.4, -0.2) is 46.9 Å². The molecule has 2 heterocycles. The molecule has 0 amide bonds. The molecule has 2 rings (SSSR count). The molecular weight excluding hydrogens is 239 g/mol. The van der Waals surface area contributed by atoms with Gasteiger partial charge in [-0.1, -0.05) is 0 Å². The maximum absolute atomic E-state index is 13.9. The average molecular weight is 254 g/mol. The van der Waals surface area contributed by atoms with Gasteiger partial charge in [-0.05, 0) is 25.6 Å². The lowest BCUT2D eigenvalue weighted by molar-refractivity contribution is 0.0690. The smallest absolute Gasteiger partial charge is 0.341 e. The van der Waals surface area contributed by atoms with Gasteiger partial charge < -0.3 is 14.6 Å². The molecule has 1 aromatic rings. The molecular formula is C12H15FN2O3. The van der Waals surface area contributed by atoms with E-state index in [9.17, 15) is 14.0 Å². The number of pyridine rings is 1. The number of aromatic carboxylic acids is 1. The molecule has 1 saturated heterocycles. The quantitative estimate of drug-likeness (QED) is 0.846. The molecule has 0 bridgehead atoms. The van der Waals surface area contributed by atoms with Gasteiger partial charge in [-0.3, -0.25) is 4.79 Å². The fraction of sp³-hybridized carbons (Fsp3) is 0.500. The zero-order valence-corrected chi connectivity index (χ0v) is 10.0. The molecule has 1 aromatic heterocycles. The Morgan fingerprint density at radius 2 is 2.28 bits per heavy atom. The molecule has 18 heavy (non-hydrogen) atoms. The van der Waals surface area contributed by atoms with Gasteiger partial charge in [0.2, 0.25) is 0 Å². The normalized spacial score (nSPS) is 25.0. The van der Waals surface area contributed by atoms with E-state index in [1.807, 2.05) is 11.9 Å². The first-order valence-electron chi connectivity index (χ1n) is 5.77. The van der Waals surface area contributed by atoms with Crippen molar-refractivity contribution in [2.45, 2.75) is 18.6 Å². The third-order valence-electron chi connectivity index (χ3n) is 3.27. The molecule has 0 spiro atoms. The van der Waals surface area contributed by atoms with Gasteiger partial charge >= 0.3 is 5.97 Å². The summed E-state index contributed by atoms with van der Waals surface area (Å²) in [4.78, 5) is 24.7. The minimum Gasteiger partial charge on any atom is -0.477 e. The SMILES string of the molecule is CN1CC[C@@H](n2cccc(C(=O)O)c2=O)[C@@H](F)C1.